The Bertz CT molecular complexity index is 4450. The predicted molar refractivity (Wildman–Crippen MR) is 300 cm³/mol. The molecule has 72 heavy (non-hydrogen) atoms. The van der Waals surface area contributed by atoms with Gasteiger partial charge in [0, 0.05) is 61.0 Å². The smallest absolute Gasteiger partial charge is 0.0790 e. The van der Waals surface area contributed by atoms with Gasteiger partial charge in [-0.1, -0.05) is 154 Å². The van der Waals surface area contributed by atoms with Crippen LogP contribution in [0.25, 0.3) is 97.3 Å². The first kappa shape index (κ1) is 40.4. The summed E-state index contributed by atoms with van der Waals surface area (Å²) >= 11 is 0. The molecule has 0 spiro atoms. The zero-order chi connectivity index (χ0) is 47.4. The van der Waals surface area contributed by atoms with Crippen LogP contribution in [0, 0.1) is 0 Å². The minimum Gasteiger partial charge on any atom is -0.252 e. The van der Waals surface area contributed by atoms with Gasteiger partial charge >= 0.3 is 0 Å². The molecule has 17 rings (SSSR count). The van der Waals surface area contributed by atoms with Gasteiger partial charge in [0.2, 0.25) is 0 Å². The van der Waals surface area contributed by atoms with E-state index in [1.165, 1.54) is 175 Å². The monoisotopic (exact) mass is 925 g/mol. The second-order valence-electron chi connectivity index (χ2n) is 24.1. The molecule has 3 heteroatoms. The Kier molecular flexibility index (Phi) is 7.87. The molecule has 0 saturated heterocycles. The average Bonchev–Trinajstić information content (AvgIpc) is 4.16. The first-order valence-electron chi connectivity index (χ1n) is 27.1. The van der Waals surface area contributed by atoms with Crippen molar-refractivity contribution in [3.63, 3.8) is 0 Å². The van der Waals surface area contributed by atoms with Crippen LogP contribution in [-0.4, -0.2) is 15.0 Å². The molecule has 0 radical (unpaired) electrons. The van der Waals surface area contributed by atoms with Crippen molar-refractivity contribution in [2.75, 3.05) is 0 Å². The van der Waals surface area contributed by atoms with Gasteiger partial charge in [0.15, 0.2) is 0 Å². The molecular weight excluding hydrogens is 871 g/mol. The normalized spacial score (nSPS) is 23.7. The Morgan fingerprint density at radius 1 is 0.403 bits per heavy atom. The molecule has 4 bridgehead atoms. The lowest BCUT2D eigenvalue weighted by Gasteiger charge is -2.30. The number of nitrogens with zero attached hydrogens (tertiary/aromatic N) is 3. The number of hydrogen-bond acceptors (Lipinski definition) is 3. The maximum Gasteiger partial charge on any atom is 0.0790 e. The molecule has 3 heterocycles. The van der Waals surface area contributed by atoms with E-state index in [1.807, 2.05) is 0 Å². The van der Waals surface area contributed by atoms with E-state index >= 15 is 0 Å². The topological polar surface area (TPSA) is 38.7 Å². The van der Waals surface area contributed by atoms with Crippen LogP contribution in [0.4, 0.5) is 0 Å². The van der Waals surface area contributed by atoms with Crippen molar-refractivity contribution in [1.82, 2.24) is 15.0 Å². The largest absolute Gasteiger partial charge is 0.252 e. The van der Waals surface area contributed by atoms with E-state index in [4.69, 9.17) is 15.0 Å². The standard InChI is InChI=1S/C69H55N3/c1-68(2)36-69(3,61-34-60-47-16-7-4-12-43(47)44-13-10-11-19-50(44)66(60)72-67(61)68)35-37-20-25-51-54(28-37)45-14-5-8-17-48(45)58-33-59-55-31-41(63(59)71-64(51)58)24-26-42(55)39-23-27-52-56(30-39)46-15-6-9-18-49(46)57-32-53-38-21-22-40(29-38)62(53)70-65(52)57/h4-20,23,25,27-28,30,32-34,38,40-42,55H,21-22,24,26,29,31,35-36H2,1-3H3. The molecule has 6 atom stereocenters. The van der Waals surface area contributed by atoms with E-state index in [0.29, 0.717) is 29.6 Å². The van der Waals surface area contributed by atoms with Crippen molar-refractivity contribution in [2.45, 2.75) is 113 Å². The number of pyridine rings is 3. The number of aromatic nitrogens is 3. The lowest BCUT2D eigenvalue weighted by molar-refractivity contribution is 0.372. The molecule has 346 valence electrons. The first-order valence-corrected chi connectivity index (χ1v) is 27.1. The van der Waals surface area contributed by atoms with E-state index < -0.39 is 0 Å². The van der Waals surface area contributed by atoms with Crippen LogP contribution in [0.5, 0.6) is 0 Å². The van der Waals surface area contributed by atoms with E-state index in [9.17, 15) is 0 Å². The third kappa shape index (κ3) is 5.34. The number of benzene rings is 9. The fourth-order valence-electron chi connectivity index (χ4n) is 16.7. The molecule has 3 aromatic heterocycles. The molecule has 2 saturated carbocycles. The van der Waals surface area contributed by atoms with Crippen LogP contribution in [0.15, 0.2) is 152 Å². The van der Waals surface area contributed by atoms with Crippen molar-refractivity contribution in [3.05, 3.63) is 197 Å². The van der Waals surface area contributed by atoms with Gasteiger partial charge in [-0.05, 0) is 169 Å². The molecule has 12 aromatic rings. The lowest BCUT2D eigenvalue weighted by Crippen LogP contribution is -2.24. The fraction of sp³-hybridized carbons (Fsp3) is 0.261. The highest BCUT2D eigenvalue weighted by atomic mass is 14.8. The van der Waals surface area contributed by atoms with E-state index in [0.717, 1.165) is 18.4 Å². The Morgan fingerprint density at radius 2 is 0.889 bits per heavy atom. The molecule has 6 unspecified atom stereocenters. The minimum atomic E-state index is -0.0806. The van der Waals surface area contributed by atoms with Crippen molar-refractivity contribution >= 4 is 97.3 Å². The van der Waals surface area contributed by atoms with Gasteiger partial charge in [-0.3, -0.25) is 15.0 Å². The van der Waals surface area contributed by atoms with Crippen molar-refractivity contribution in [1.29, 1.82) is 0 Å². The Balaban J connectivity index is 0.771. The summed E-state index contributed by atoms with van der Waals surface area (Å²) in [6, 6.07) is 58.6. The molecule has 0 aliphatic heterocycles. The highest BCUT2D eigenvalue weighted by molar-refractivity contribution is 6.26. The minimum absolute atomic E-state index is 0.0546. The van der Waals surface area contributed by atoms with Crippen LogP contribution in [-0.2, 0) is 17.3 Å². The molecule has 0 amide bonds. The summed E-state index contributed by atoms with van der Waals surface area (Å²) in [5.41, 5.74) is 14.7. The average molecular weight is 926 g/mol. The van der Waals surface area contributed by atoms with E-state index in [1.54, 1.807) is 0 Å². The summed E-state index contributed by atoms with van der Waals surface area (Å²) in [7, 11) is 0. The summed E-state index contributed by atoms with van der Waals surface area (Å²) in [5, 5.41) is 19.6. The van der Waals surface area contributed by atoms with Crippen LogP contribution in [0.1, 0.15) is 140 Å². The van der Waals surface area contributed by atoms with Crippen LogP contribution < -0.4 is 0 Å². The summed E-state index contributed by atoms with van der Waals surface area (Å²) in [5.74, 6) is 2.76. The molecule has 5 aliphatic carbocycles. The second-order valence-corrected chi connectivity index (χ2v) is 24.1. The van der Waals surface area contributed by atoms with E-state index in [2.05, 4.69) is 172 Å². The zero-order valence-corrected chi connectivity index (χ0v) is 41.3. The maximum atomic E-state index is 5.83. The number of rotatable bonds is 3. The summed E-state index contributed by atoms with van der Waals surface area (Å²) in [4.78, 5) is 17.0. The Labute approximate surface area is 419 Å². The lowest BCUT2D eigenvalue weighted by atomic mass is 9.74. The molecule has 0 N–H and O–H groups in total. The van der Waals surface area contributed by atoms with Crippen LogP contribution in [0.2, 0.25) is 0 Å². The Hall–Kier alpha value is -7.23. The predicted octanol–water partition coefficient (Wildman–Crippen LogP) is 17.9. The third-order valence-corrected chi connectivity index (χ3v) is 19.6. The van der Waals surface area contributed by atoms with Crippen LogP contribution >= 0.6 is 0 Å². The van der Waals surface area contributed by atoms with Crippen molar-refractivity contribution in [2.24, 2.45) is 0 Å². The fourth-order valence-corrected chi connectivity index (χ4v) is 16.7. The number of fused-ring (bicyclic) bond motifs is 29. The zero-order valence-electron chi connectivity index (χ0n) is 41.3. The first-order chi connectivity index (χ1) is 35.2. The van der Waals surface area contributed by atoms with Gasteiger partial charge in [-0.25, -0.2) is 0 Å². The molecular formula is C69H55N3. The van der Waals surface area contributed by atoms with Crippen molar-refractivity contribution < 1.29 is 0 Å². The number of hydrogen-bond donors (Lipinski definition) is 0. The van der Waals surface area contributed by atoms with Crippen LogP contribution in [0.3, 0.4) is 0 Å². The molecule has 2 fully saturated rings. The maximum absolute atomic E-state index is 5.83. The second kappa shape index (κ2) is 14.0. The van der Waals surface area contributed by atoms with Gasteiger partial charge < -0.3 is 0 Å². The van der Waals surface area contributed by atoms with Gasteiger partial charge in [0.1, 0.15) is 0 Å². The van der Waals surface area contributed by atoms with Gasteiger partial charge in [0.25, 0.3) is 0 Å². The highest BCUT2D eigenvalue weighted by Crippen LogP contribution is 2.59. The van der Waals surface area contributed by atoms with Gasteiger partial charge in [-0.2, -0.15) is 0 Å². The molecule has 5 aliphatic rings. The highest BCUT2D eigenvalue weighted by Gasteiger charge is 2.47. The molecule has 3 nitrogen and oxygen atoms in total. The summed E-state index contributed by atoms with van der Waals surface area (Å²) in [6.07, 6.45) is 9.48. The SMILES string of the molecule is CC1(C)CC(C)(Cc2ccc3c(c2)c2ccccc2c2cc4c(nc32)C2CCC(c3ccc5c(c3)c3ccccc3c3cc6c(nc53)C3CCC6C3)C4C2)c2cc3c4ccccc4c4ccccc4c3nc21. The van der Waals surface area contributed by atoms with Gasteiger partial charge in [-0.15, -0.1) is 0 Å². The van der Waals surface area contributed by atoms with Crippen molar-refractivity contribution in [3.8, 4) is 0 Å². The van der Waals surface area contributed by atoms with Gasteiger partial charge in [0.05, 0.1) is 22.2 Å². The molecule has 9 aromatic carbocycles. The third-order valence-electron chi connectivity index (χ3n) is 19.6. The summed E-state index contributed by atoms with van der Waals surface area (Å²) < 4.78 is 0. The van der Waals surface area contributed by atoms with E-state index in [-0.39, 0.29) is 10.8 Å². The quantitative estimate of drug-likeness (QED) is 0.166. The summed E-state index contributed by atoms with van der Waals surface area (Å²) in [6.45, 7) is 7.33. The Morgan fingerprint density at radius 3 is 1.57 bits per heavy atom.